The smallest absolute Gasteiger partial charge is 0.331 e. The summed E-state index contributed by atoms with van der Waals surface area (Å²) >= 11 is 0. The van der Waals surface area contributed by atoms with Crippen molar-refractivity contribution in [1.29, 1.82) is 0 Å². The van der Waals surface area contributed by atoms with E-state index in [0.717, 1.165) is 4.90 Å². The Morgan fingerprint density at radius 2 is 1.81 bits per heavy atom. The minimum atomic E-state index is -1.18. The number of carbonyl (C=O) groups excluding carboxylic acids is 3. The first-order chi connectivity index (χ1) is 11.7. The van der Waals surface area contributed by atoms with Crippen LogP contribution in [0.1, 0.15) is 20.3 Å². The molecular weight excluding hydrogens is 340 g/mol. The molecule has 1 aliphatic heterocycles. The van der Waals surface area contributed by atoms with Gasteiger partial charge in [-0.1, -0.05) is 32.7 Å². The Morgan fingerprint density at radius 3 is 2.08 bits per heavy atom. The molecule has 1 aliphatic rings. The highest BCUT2D eigenvalue weighted by molar-refractivity contribution is 6.13. The van der Waals surface area contributed by atoms with E-state index in [1.165, 1.54) is 13.2 Å². The fourth-order valence-corrected chi connectivity index (χ4v) is 1.29. The molecule has 0 saturated carbocycles. The first-order valence-corrected chi connectivity index (χ1v) is 7.08. The topological polar surface area (TPSA) is 127 Å². The van der Waals surface area contributed by atoms with Gasteiger partial charge in [0.15, 0.2) is 0 Å². The number of hydrogen-bond donors (Lipinski definition) is 2. The maximum absolute atomic E-state index is 11.1. The lowest BCUT2D eigenvalue weighted by Gasteiger charge is -2.08. The van der Waals surface area contributed by atoms with Crippen LogP contribution in [0.5, 0.6) is 0 Å². The third-order valence-corrected chi connectivity index (χ3v) is 2.58. The normalized spacial score (nSPS) is 11.8. The number of hydrogen-bond acceptors (Lipinski definition) is 6. The molecule has 0 bridgehead atoms. The molecule has 0 radical (unpaired) electrons. The van der Waals surface area contributed by atoms with E-state index in [9.17, 15) is 19.2 Å². The van der Waals surface area contributed by atoms with Crippen molar-refractivity contribution in [2.45, 2.75) is 20.3 Å². The summed E-state index contributed by atoms with van der Waals surface area (Å²) in [5, 5.41) is 8.22. The second-order valence-corrected chi connectivity index (χ2v) is 4.56. The van der Waals surface area contributed by atoms with Gasteiger partial charge in [0.05, 0.1) is 20.0 Å². The van der Waals surface area contributed by atoms with Gasteiger partial charge in [0, 0.05) is 24.2 Å². The van der Waals surface area contributed by atoms with E-state index < -0.39 is 11.9 Å². The number of nitrogens with two attached hydrogens (primary N) is 1. The summed E-state index contributed by atoms with van der Waals surface area (Å²) in [6.07, 6.45) is 3.08. The van der Waals surface area contributed by atoms with Crippen LogP contribution in [0.2, 0.25) is 0 Å². The van der Waals surface area contributed by atoms with Crippen LogP contribution in [0.15, 0.2) is 49.6 Å². The van der Waals surface area contributed by atoms with Gasteiger partial charge >= 0.3 is 11.9 Å². The van der Waals surface area contributed by atoms with E-state index in [1.807, 2.05) is 0 Å². The van der Waals surface area contributed by atoms with Crippen molar-refractivity contribution in [3.05, 3.63) is 49.6 Å². The Morgan fingerprint density at radius 1 is 1.31 bits per heavy atom. The number of imide groups is 1. The standard InChI is InChI=1S/C8H9NO2.C6H8O4.C3H7N.CH4/c1-3-4-9-7(10)5-6(2)8(9)11;1-4(6(8)9)3-5(7)10-2;1-2-3-4;/h3H,1-2,4-5H2;1,3H2,2H3,(H,8,9);2H,1,3-4H2;1H4. The van der Waals surface area contributed by atoms with Crippen molar-refractivity contribution >= 4 is 23.8 Å². The molecule has 0 unspecified atom stereocenters. The summed E-state index contributed by atoms with van der Waals surface area (Å²) in [6, 6.07) is 0. The lowest BCUT2D eigenvalue weighted by Crippen LogP contribution is -2.29. The zero-order valence-electron chi connectivity index (χ0n) is 14.3. The Labute approximate surface area is 154 Å². The van der Waals surface area contributed by atoms with E-state index in [2.05, 4.69) is 31.1 Å². The minimum absolute atomic E-state index is 0. The monoisotopic (exact) mass is 368 g/mol. The van der Waals surface area contributed by atoms with Crippen LogP contribution < -0.4 is 5.73 Å². The predicted octanol–water partition coefficient (Wildman–Crippen LogP) is 1.44. The van der Waals surface area contributed by atoms with Crippen LogP contribution >= 0.6 is 0 Å². The Kier molecular flexibility index (Phi) is 16.6. The van der Waals surface area contributed by atoms with E-state index in [1.54, 1.807) is 6.08 Å². The average Bonchev–Trinajstić information content (AvgIpc) is 2.82. The number of methoxy groups -OCH3 is 1. The van der Waals surface area contributed by atoms with Gasteiger partial charge in [-0.25, -0.2) is 4.79 Å². The predicted molar refractivity (Wildman–Crippen MR) is 100 cm³/mol. The maximum atomic E-state index is 11.1. The van der Waals surface area contributed by atoms with Gasteiger partial charge in [0.1, 0.15) is 0 Å². The molecule has 26 heavy (non-hydrogen) atoms. The molecule has 1 heterocycles. The third-order valence-electron chi connectivity index (χ3n) is 2.58. The number of rotatable bonds is 6. The molecule has 0 aliphatic carbocycles. The number of aliphatic carboxylic acids is 1. The van der Waals surface area contributed by atoms with Crippen LogP contribution in [0, 0.1) is 0 Å². The lowest BCUT2D eigenvalue weighted by molar-refractivity contribution is -0.142. The van der Waals surface area contributed by atoms with Gasteiger partial charge in [-0.15, -0.1) is 13.2 Å². The molecule has 2 amide bonds. The van der Waals surface area contributed by atoms with Crippen LogP contribution in [-0.4, -0.2) is 54.0 Å². The Balaban J connectivity index is -0.000000329. The van der Waals surface area contributed by atoms with Gasteiger partial charge in [-0.05, 0) is 0 Å². The Bertz CT molecular complexity index is 566. The van der Waals surface area contributed by atoms with Crippen molar-refractivity contribution in [1.82, 2.24) is 4.90 Å². The van der Waals surface area contributed by atoms with E-state index >= 15 is 0 Å². The van der Waals surface area contributed by atoms with E-state index in [0.29, 0.717) is 12.1 Å². The molecule has 0 aromatic carbocycles. The van der Waals surface area contributed by atoms with Crippen molar-refractivity contribution in [2.75, 3.05) is 20.2 Å². The van der Waals surface area contributed by atoms with Crippen LogP contribution in [0.4, 0.5) is 0 Å². The van der Waals surface area contributed by atoms with Crippen LogP contribution in [0.3, 0.4) is 0 Å². The molecule has 1 fully saturated rings. The fourth-order valence-electron chi connectivity index (χ4n) is 1.29. The maximum Gasteiger partial charge on any atom is 0.331 e. The molecule has 0 aromatic rings. The molecule has 146 valence electrons. The molecule has 0 aromatic heterocycles. The number of amides is 2. The zero-order chi connectivity index (χ0) is 20.0. The first kappa shape index (κ1) is 27.8. The van der Waals surface area contributed by atoms with Gasteiger partial charge < -0.3 is 15.6 Å². The summed E-state index contributed by atoms with van der Waals surface area (Å²) in [5.41, 5.74) is 5.12. The van der Waals surface area contributed by atoms with Crippen molar-refractivity contribution in [3.63, 3.8) is 0 Å². The second kappa shape index (κ2) is 15.5. The van der Waals surface area contributed by atoms with Gasteiger partial charge in [-0.2, -0.15) is 0 Å². The van der Waals surface area contributed by atoms with Crippen LogP contribution in [0.25, 0.3) is 0 Å². The number of ether oxygens (including phenoxy) is 1. The number of esters is 1. The minimum Gasteiger partial charge on any atom is -0.478 e. The molecule has 8 heteroatoms. The summed E-state index contributed by atoms with van der Waals surface area (Å²) in [7, 11) is 1.19. The van der Waals surface area contributed by atoms with Gasteiger partial charge in [-0.3, -0.25) is 19.3 Å². The van der Waals surface area contributed by atoms with E-state index in [-0.39, 0.29) is 44.2 Å². The second-order valence-electron chi connectivity index (χ2n) is 4.56. The molecule has 8 nitrogen and oxygen atoms in total. The Hall–Kier alpha value is -3.00. The number of carboxylic acid groups (broad SMARTS) is 1. The molecule has 1 rings (SSSR count). The molecule has 1 saturated heterocycles. The molecule has 0 atom stereocenters. The average molecular weight is 368 g/mol. The quantitative estimate of drug-likeness (QED) is 0.314. The molecular formula is C18H28N2O6. The van der Waals surface area contributed by atoms with E-state index in [4.69, 9.17) is 10.8 Å². The molecule has 3 N–H and O–H groups in total. The van der Waals surface area contributed by atoms with Crippen molar-refractivity contribution in [3.8, 4) is 0 Å². The largest absolute Gasteiger partial charge is 0.478 e. The van der Waals surface area contributed by atoms with Crippen molar-refractivity contribution in [2.24, 2.45) is 5.73 Å². The zero-order valence-corrected chi connectivity index (χ0v) is 14.3. The number of carboxylic acids is 1. The highest BCUT2D eigenvalue weighted by Gasteiger charge is 2.30. The number of carbonyl (C=O) groups is 4. The van der Waals surface area contributed by atoms with Gasteiger partial charge in [0.2, 0.25) is 5.91 Å². The summed E-state index contributed by atoms with van der Waals surface area (Å²) < 4.78 is 4.21. The van der Waals surface area contributed by atoms with Crippen LogP contribution in [-0.2, 0) is 23.9 Å². The third kappa shape index (κ3) is 11.5. The first-order valence-electron chi connectivity index (χ1n) is 7.08. The molecule has 0 spiro atoms. The number of nitrogens with zero attached hydrogens (tertiary/aromatic N) is 1. The fraction of sp³-hybridized carbons (Fsp3) is 0.333. The summed E-state index contributed by atoms with van der Waals surface area (Å²) in [6.45, 7) is 14.3. The van der Waals surface area contributed by atoms with Gasteiger partial charge in [0.25, 0.3) is 5.91 Å². The highest BCUT2D eigenvalue weighted by atomic mass is 16.5. The number of likely N-dealkylation sites (tertiary alicyclic amines) is 1. The SMILES string of the molecule is C.C=C(CC(=O)OC)C(=O)O.C=CCN.C=CCN1C(=O)CC(=C)C1=O. The summed E-state index contributed by atoms with van der Waals surface area (Å²) in [4.78, 5) is 43.6. The highest BCUT2D eigenvalue weighted by Crippen LogP contribution is 2.15. The lowest BCUT2D eigenvalue weighted by atomic mass is 10.2. The summed E-state index contributed by atoms with van der Waals surface area (Å²) in [5.74, 6) is -2.22. The van der Waals surface area contributed by atoms with Crippen molar-refractivity contribution < 1.29 is 29.0 Å².